The van der Waals surface area contributed by atoms with E-state index in [2.05, 4.69) is 46.5 Å². The van der Waals surface area contributed by atoms with E-state index in [1.54, 1.807) is 0 Å². The zero-order valence-electron chi connectivity index (χ0n) is 11.6. The molecule has 0 bridgehead atoms. The van der Waals surface area contributed by atoms with Crippen molar-refractivity contribution in [3.63, 3.8) is 0 Å². The van der Waals surface area contributed by atoms with Crippen molar-refractivity contribution < 1.29 is 5.21 Å². The number of oxime groups is 1. The summed E-state index contributed by atoms with van der Waals surface area (Å²) in [6.45, 7) is 2.13. The molecule has 4 nitrogen and oxygen atoms in total. The van der Waals surface area contributed by atoms with Crippen LogP contribution in [0.1, 0.15) is 48.2 Å². The van der Waals surface area contributed by atoms with Crippen LogP contribution in [0.4, 0.5) is 0 Å². The first-order valence-electron chi connectivity index (χ1n) is 7.15. The molecule has 0 radical (unpaired) electrons. The molecular weight excluding hydrogens is 250 g/mol. The van der Waals surface area contributed by atoms with E-state index in [4.69, 9.17) is 0 Å². The SMILES string of the molecule is CCCc1n[nH]c2c1/C(=N/O)C[C@@H](c1ccccc1)C2. The monoisotopic (exact) mass is 269 g/mol. The van der Waals surface area contributed by atoms with Gasteiger partial charge < -0.3 is 5.21 Å². The van der Waals surface area contributed by atoms with E-state index in [9.17, 15) is 5.21 Å². The molecule has 1 aliphatic carbocycles. The molecule has 1 aromatic heterocycles. The molecule has 0 saturated carbocycles. The normalized spacial score (nSPS) is 20.1. The summed E-state index contributed by atoms with van der Waals surface area (Å²) in [4.78, 5) is 0. The van der Waals surface area contributed by atoms with Crippen LogP contribution in [0.3, 0.4) is 0 Å². The van der Waals surface area contributed by atoms with Crippen LogP contribution in [0.15, 0.2) is 35.5 Å². The lowest BCUT2D eigenvalue weighted by Gasteiger charge is -2.23. The van der Waals surface area contributed by atoms with E-state index in [-0.39, 0.29) is 0 Å². The average molecular weight is 269 g/mol. The second-order valence-corrected chi connectivity index (χ2v) is 5.34. The predicted octanol–water partition coefficient (Wildman–Crippen LogP) is 3.27. The maximum atomic E-state index is 9.36. The van der Waals surface area contributed by atoms with Gasteiger partial charge in [0.15, 0.2) is 0 Å². The molecule has 0 aliphatic heterocycles. The molecular formula is C16H19N3O. The molecule has 0 spiro atoms. The first kappa shape index (κ1) is 12.9. The largest absolute Gasteiger partial charge is 0.411 e. The van der Waals surface area contributed by atoms with Gasteiger partial charge in [-0.1, -0.05) is 48.8 Å². The summed E-state index contributed by atoms with van der Waals surface area (Å²) < 4.78 is 0. The summed E-state index contributed by atoms with van der Waals surface area (Å²) in [5, 5.41) is 20.4. The number of benzene rings is 1. The number of fused-ring (bicyclic) bond motifs is 1. The Bertz CT molecular complexity index is 616. The maximum Gasteiger partial charge on any atom is 0.0911 e. The zero-order valence-corrected chi connectivity index (χ0v) is 11.6. The Labute approximate surface area is 118 Å². The molecule has 0 saturated heterocycles. The molecule has 2 N–H and O–H groups in total. The van der Waals surface area contributed by atoms with Crippen molar-refractivity contribution in [3.05, 3.63) is 52.8 Å². The third-order valence-corrected chi connectivity index (χ3v) is 3.97. The van der Waals surface area contributed by atoms with E-state index >= 15 is 0 Å². The van der Waals surface area contributed by atoms with Gasteiger partial charge in [-0.3, -0.25) is 5.10 Å². The highest BCUT2D eigenvalue weighted by molar-refractivity contribution is 6.03. The van der Waals surface area contributed by atoms with Crippen molar-refractivity contribution in [2.75, 3.05) is 0 Å². The fraction of sp³-hybridized carbons (Fsp3) is 0.375. The predicted molar refractivity (Wildman–Crippen MR) is 78.4 cm³/mol. The number of hydrogen-bond donors (Lipinski definition) is 2. The third-order valence-electron chi connectivity index (χ3n) is 3.97. The summed E-state index contributed by atoms with van der Waals surface area (Å²) in [6.07, 6.45) is 3.65. The van der Waals surface area contributed by atoms with Crippen LogP contribution in [0.25, 0.3) is 0 Å². The topological polar surface area (TPSA) is 61.3 Å². The van der Waals surface area contributed by atoms with Crippen LogP contribution >= 0.6 is 0 Å². The molecule has 2 aromatic rings. The van der Waals surface area contributed by atoms with E-state index in [0.29, 0.717) is 5.92 Å². The molecule has 0 unspecified atom stereocenters. The van der Waals surface area contributed by atoms with Gasteiger partial charge in [0.25, 0.3) is 0 Å². The van der Waals surface area contributed by atoms with E-state index in [1.807, 2.05) is 6.07 Å². The Balaban J connectivity index is 1.96. The van der Waals surface area contributed by atoms with Gasteiger partial charge in [-0.25, -0.2) is 0 Å². The summed E-state index contributed by atoms with van der Waals surface area (Å²) in [5.41, 5.74) is 5.22. The summed E-state index contributed by atoms with van der Waals surface area (Å²) in [7, 11) is 0. The van der Waals surface area contributed by atoms with Crippen molar-refractivity contribution >= 4 is 5.71 Å². The minimum Gasteiger partial charge on any atom is -0.411 e. The Morgan fingerprint density at radius 3 is 2.80 bits per heavy atom. The van der Waals surface area contributed by atoms with Crippen LogP contribution in [-0.4, -0.2) is 21.1 Å². The summed E-state index contributed by atoms with van der Waals surface area (Å²) in [6, 6.07) is 10.4. The van der Waals surface area contributed by atoms with E-state index in [1.165, 1.54) is 5.56 Å². The minimum atomic E-state index is 0.351. The van der Waals surface area contributed by atoms with Crippen molar-refractivity contribution in [2.45, 2.75) is 38.5 Å². The number of nitrogens with zero attached hydrogens (tertiary/aromatic N) is 2. The molecule has 3 rings (SSSR count). The summed E-state index contributed by atoms with van der Waals surface area (Å²) in [5.74, 6) is 0.351. The van der Waals surface area contributed by atoms with Crippen LogP contribution in [0.5, 0.6) is 0 Å². The van der Waals surface area contributed by atoms with Crippen LogP contribution in [-0.2, 0) is 12.8 Å². The van der Waals surface area contributed by atoms with E-state index in [0.717, 1.165) is 48.3 Å². The Kier molecular flexibility index (Phi) is 3.54. The molecule has 1 heterocycles. The highest BCUT2D eigenvalue weighted by Crippen LogP contribution is 2.33. The maximum absolute atomic E-state index is 9.36. The lowest BCUT2D eigenvalue weighted by molar-refractivity contribution is 0.317. The highest BCUT2D eigenvalue weighted by Gasteiger charge is 2.29. The molecule has 20 heavy (non-hydrogen) atoms. The van der Waals surface area contributed by atoms with Crippen molar-refractivity contribution in [1.82, 2.24) is 10.2 Å². The van der Waals surface area contributed by atoms with Crippen molar-refractivity contribution in [2.24, 2.45) is 5.16 Å². The first-order chi connectivity index (χ1) is 9.83. The van der Waals surface area contributed by atoms with Crippen LogP contribution < -0.4 is 0 Å². The molecule has 1 atom stereocenters. The molecule has 0 amide bonds. The fourth-order valence-electron chi connectivity index (χ4n) is 3.03. The molecule has 1 aromatic carbocycles. The molecule has 1 aliphatic rings. The highest BCUT2D eigenvalue weighted by atomic mass is 16.4. The van der Waals surface area contributed by atoms with Crippen LogP contribution in [0, 0.1) is 0 Å². The van der Waals surface area contributed by atoms with Gasteiger partial charge in [0.1, 0.15) is 0 Å². The number of rotatable bonds is 3. The number of hydrogen-bond acceptors (Lipinski definition) is 3. The lowest BCUT2D eigenvalue weighted by atomic mass is 9.81. The van der Waals surface area contributed by atoms with Crippen molar-refractivity contribution in [3.8, 4) is 0 Å². The lowest BCUT2D eigenvalue weighted by Crippen LogP contribution is -2.20. The second kappa shape index (κ2) is 5.49. The molecule has 104 valence electrons. The van der Waals surface area contributed by atoms with Crippen molar-refractivity contribution in [1.29, 1.82) is 0 Å². The second-order valence-electron chi connectivity index (χ2n) is 5.34. The van der Waals surface area contributed by atoms with E-state index < -0.39 is 0 Å². The number of aromatic amines is 1. The van der Waals surface area contributed by atoms with Gasteiger partial charge in [0.2, 0.25) is 0 Å². The summed E-state index contributed by atoms with van der Waals surface area (Å²) >= 11 is 0. The van der Waals surface area contributed by atoms with Gasteiger partial charge in [-0.05, 0) is 24.3 Å². The quantitative estimate of drug-likeness (QED) is 0.663. The number of aromatic nitrogens is 2. The Hall–Kier alpha value is -2.10. The molecule has 0 fully saturated rings. The van der Waals surface area contributed by atoms with Crippen LogP contribution in [0.2, 0.25) is 0 Å². The molecule has 4 heteroatoms. The first-order valence-corrected chi connectivity index (χ1v) is 7.15. The average Bonchev–Trinajstić information content (AvgIpc) is 2.91. The standard InChI is InChI=1S/C16H19N3O/c1-2-6-13-16-14(18-17-13)9-12(10-15(16)19-20)11-7-4-3-5-8-11/h3-5,7-8,12,20H,2,6,9-10H2,1H3,(H,17,18)/b19-15+/t12-/m0/s1. The number of aryl methyl sites for hydroxylation is 1. The van der Waals surface area contributed by atoms with Gasteiger partial charge in [0, 0.05) is 17.7 Å². The van der Waals surface area contributed by atoms with Gasteiger partial charge in [-0.15, -0.1) is 0 Å². The third kappa shape index (κ3) is 2.22. The van der Waals surface area contributed by atoms with Gasteiger partial charge in [-0.2, -0.15) is 5.10 Å². The number of H-pyrrole nitrogens is 1. The van der Waals surface area contributed by atoms with Gasteiger partial charge >= 0.3 is 0 Å². The number of nitrogens with one attached hydrogen (secondary N) is 1. The Morgan fingerprint density at radius 2 is 2.10 bits per heavy atom. The fourth-order valence-corrected chi connectivity index (χ4v) is 3.03. The smallest absolute Gasteiger partial charge is 0.0911 e. The van der Waals surface area contributed by atoms with Gasteiger partial charge in [0.05, 0.1) is 11.4 Å². The Morgan fingerprint density at radius 1 is 1.30 bits per heavy atom. The minimum absolute atomic E-state index is 0.351. The zero-order chi connectivity index (χ0) is 13.9.